The molecule has 0 aliphatic heterocycles. The van der Waals surface area contributed by atoms with E-state index in [-0.39, 0.29) is 0 Å². The minimum atomic E-state index is 0.642. The van der Waals surface area contributed by atoms with Crippen molar-refractivity contribution in [1.29, 1.82) is 0 Å². The van der Waals surface area contributed by atoms with Crippen LogP contribution >= 0.6 is 11.3 Å². The summed E-state index contributed by atoms with van der Waals surface area (Å²) in [6.07, 6.45) is 8.40. The van der Waals surface area contributed by atoms with Gasteiger partial charge in [0.25, 0.3) is 0 Å². The standard InChI is InChI=1S/C35H23NOS/c1-4-13-24(14-5-1)27-21-12-22-28(25-15-6-2-7-16-25)32(27)34-30-20-11-10-19-29(30)33(38-34)31-23-36-35(37-31)26-17-8-3-9-18-26/h1-6,8-10,12-15,17-19,21-23H,11,20H2. The van der Waals surface area contributed by atoms with Gasteiger partial charge in [-0.15, -0.1) is 11.3 Å². The molecule has 0 spiro atoms. The molecular formula is C35H23NOS. The summed E-state index contributed by atoms with van der Waals surface area (Å²) in [4.78, 5) is 7.04. The summed E-state index contributed by atoms with van der Waals surface area (Å²) in [6, 6.07) is 39.8. The van der Waals surface area contributed by atoms with Crippen LogP contribution in [0.3, 0.4) is 0 Å². The highest BCUT2D eigenvalue weighted by molar-refractivity contribution is 7.19. The summed E-state index contributed by atoms with van der Waals surface area (Å²) in [6.45, 7) is 0. The van der Waals surface area contributed by atoms with Gasteiger partial charge in [0.15, 0.2) is 5.76 Å². The van der Waals surface area contributed by atoms with E-state index in [0.717, 1.165) is 40.2 Å². The second kappa shape index (κ2) is 9.67. The quantitative estimate of drug-likeness (QED) is 0.233. The van der Waals surface area contributed by atoms with Gasteiger partial charge in [-0.05, 0) is 64.9 Å². The number of hydrogen-bond acceptors (Lipinski definition) is 3. The Morgan fingerprint density at radius 2 is 1.55 bits per heavy atom. The Balaban J connectivity index is 1.47. The van der Waals surface area contributed by atoms with Crippen molar-refractivity contribution < 1.29 is 4.42 Å². The normalized spacial score (nSPS) is 12.2. The maximum atomic E-state index is 6.36. The van der Waals surface area contributed by atoms with E-state index in [4.69, 9.17) is 4.42 Å². The maximum Gasteiger partial charge on any atom is 0.226 e. The van der Waals surface area contributed by atoms with Crippen LogP contribution in [0.4, 0.5) is 0 Å². The zero-order valence-electron chi connectivity index (χ0n) is 20.6. The number of nitrogens with zero attached hydrogens (tertiary/aromatic N) is 1. The first-order chi connectivity index (χ1) is 18.9. The van der Waals surface area contributed by atoms with Crippen LogP contribution in [0.5, 0.6) is 0 Å². The second-order valence-corrected chi connectivity index (χ2v) is 10.3. The van der Waals surface area contributed by atoms with Gasteiger partial charge in [0, 0.05) is 21.6 Å². The Labute approximate surface area is 226 Å². The van der Waals surface area contributed by atoms with Gasteiger partial charge in [0.05, 0.1) is 11.1 Å². The van der Waals surface area contributed by atoms with E-state index >= 15 is 0 Å². The van der Waals surface area contributed by atoms with Gasteiger partial charge in [-0.1, -0.05) is 97.1 Å². The van der Waals surface area contributed by atoms with E-state index < -0.39 is 0 Å². The molecule has 38 heavy (non-hydrogen) atoms. The zero-order chi connectivity index (χ0) is 25.3. The monoisotopic (exact) mass is 505 g/mol. The molecule has 7 rings (SSSR count). The number of thiophene rings is 1. The highest BCUT2D eigenvalue weighted by Crippen LogP contribution is 2.50. The Hall–Kier alpha value is -4.65. The second-order valence-electron chi connectivity index (χ2n) is 9.29. The first-order valence-electron chi connectivity index (χ1n) is 12.8. The van der Waals surface area contributed by atoms with Crippen LogP contribution in [-0.2, 0) is 6.42 Å². The number of allylic oxidation sites excluding steroid dienone is 1. The molecule has 180 valence electrons. The molecule has 3 heteroatoms. The fraction of sp³-hybridized carbons (Fsp3) is 0.0571. The fourth-order valence-corrected chi connectivity index (χ4v) is 6.56. The highest BCUT2D eigenvalue weighted by atomic mass is 32.1. The van der Waals surface area contributed by atoms with Gasteiger partial charge >= 0.3 is 0 Å². The summed E-state index contributed by atoms with van der Waals surface area (Å²) in [5, 5.41) is 0. The molecule has 2 heterocycles. The maximum absolute atomic E-state index is 6.36. The third kappa shape index (κ3) is 3.96. The van der Waals surface area contributed by atoms with E-state index in [1.165, 1.54) is 32.7 Å². The van der Waals surface area contributed by atoms with Crippen LogP contribution in [-0.4, -0.2) is 4.98 Å². The average molecular weight is 506 g/mol. The summed E-state index contributed by atoms with van der Waals surface area (Å²) in [7, 11) is 0. The van der Waals surface area contributed by atoms with Crippen molar-refractivity contribution >= 4 is 17.4 Å². The molecule has 0 saturated carbocycles. The Morgan fingerprint density at radius 1 is 0.763 bits per heavy atom. The number of aromatic nitrogens is 1. The summed E-state index contributed by atoms with van der Waals surface area (Å²) in [5.41, 5.74) is 9.45. The van der Waals surface area contributed by atoms with Crippen molar-refractivity contribution in [1.82, 2.24) is 4.98 Å². The van der Waals surface area contributed by atoms with Crippen LogP contribution in [0.1, 0.15) is 17.5 Å². The predicted octanol–water partition coefficient (Wildman–Crippen LogP) is 9.63. The topological polar surface area (TPSA) is 26.0 Å². The molecule has 0 saturated heterocycles. The first kappa shape index (κ1) is 22.5. The molecule has 0 fully saturated rings. The number of hydrogen-bond donors (Lipinski definition) is 0. The number of fused-ring (bicyclic) bond motifs is 1. The van der Waals surface area contributed by atoms with E-state index in [0.29, 0.717) is 5.89 Å². The summed E-state index contributed by atoms with van der Waals surface area (Å²) in [5.74, 6) is 1.45. The van der Waals surface area contributed by atoms with E-state index in [2.05, 4.69) is 83.9 Å². The molecule has 1 aliphatic carbocycles. The van der Waals surface area contributed by atoms with Crippen molar-refractivity contribution in [2.45, 2.75) is 12.8 Å². The molecule has 0 unspecified atom stereocenters. The minimum absolute atomic E-state index is 0.642. The molecule has 1 aliphatic rings. The summed E-state index contributed by atoms with van der Waals surface area (Å²) >= 11 is 1.80. The molecule has 4 aromatic carbocycles. The molecular weight excluding hydrogens is 482 g/mol. The Morgan fingerprint density at radius 3 is 2.34 bits per heavy atom. The van der Waals surface area contributed by atoms with Gasteiger partial charge < -0.3 is 4.42 Å². The lowest BCUT2D eigenvalue weighted by Crippen LogP contribution is -1.95. The van der Waals surface area contributed by atoms with E-state index in [1.807, 2.05) is 48.7 Å². The van der Waals surface area contributed by atoms with Crippen molar-refractivity contribution in [3.8, 4) is 54.8 Å². The van der Waals surface area contributed by atoms with Gasteiger partial charge in [-0.25, -0.2) is 4.98 Å². The van der Waals surface area contributed by atoms with Crippen LogP contribution in [0, 0.1) is 12.1 Å². The Kier molecular flexibility index (Phi) is 5.73. The van der Waals surface area contributed by atoms with Crippen LogP contribution in [0.2, 0.25) is 0 Å². The van der Waals surface area contributed by atoms with Crippen LogP contribution < -0.4 is 0 Å². The van der Waals surface area contributed by atoms with Crippen molar-refractivity contribution in [2.75, 3.05) is 0 Å². The van der Waals surface area contributed by atoms with Gasteiger partial charge in [0.1, 0.15) is 0 Å². The lowest BCUT2D eigenvalue weighted by atomic mass is 9.87. The SMILES string of the molecule is c1cccc(-c2cccc(-c3ccccc3)c2-c2sc(-c3cnc(-c4ccccc4)o3)c3c2CCC=C3)c#1. The number of benzene rings is 3. The highest BCUT2D eigenvalue weighted by Gasteiger charge is 2.26. The van der Waals surface area contributed by atoms with Gasteiger partial charge in [0.2, 0.25) is 5.89 Å². The number of oxazole rings is 1. The van der Waals surface area contributed by atoms with Gasteiger partial charge in [-0.3, -0.25) is 0 Å². The molecule has 0 bridgehead atoms. The number of rotatable bonds is 5. The molecule has 0 N–H and O–H groups in total. The predicted molar refractivity (Wildman–Crippen MR) is 157 cm³/mol. The van der Waals surface area contributed by atoms with Crippen molar-refractivity contribution in [2.24, 2.45) is 0 Å². The van der Waals surface area contributed by atoms with Crippen molar-refractivity contribution in [3.63, 3.8) is 0 Å². The average Bonchev–Trinajstić information content (AvgIpc) is 3.64. The largest absolute Gasteiger partial charge is 0.435 e. The van der Waals surface area contributed by atoms with E-state index in [9.17, 15) is 0 Å². The molecule has 0 radical (unpaired) electrons. The molecule has 2 aromatic heterocycles. The molecule has 6 aromatic rings. The van der Waals surface area contributed by atoms with Crippen LogP contribution in [0.15, 0.2) is 114 Å². The van der Waals surface area contributed by atoms with Gasteiger partial charge in [-0.2, -0.15) is 0 Å². The Bertz CT molecular complexity index is 1690. The third-order valence-electron chi connectivity index (χ3n) is 6.96. The zero-order valence-corrected chi connectivity index (χ0v) is 21.5. The minimum Gasteiger partial charge on any atom is -0.435 e. The first-order valence-corrected chi connectivity index (χ1v) is 13.6. The fourth-order valence-electron chi connectivity index (χ4n) is 5.20. The lowest BCUT2D eigenvalue weighted by molar-refractivity contribution is 0.590. The van der Waals surface area contributed by atoms with Crippen molar-refractivity contribution in [3.05, 3.63) is 133 Å². The third-order valence-corrected chi connectivity index (χ3v) is 8.24. The lowest BCUT2D eigenvalue weighted by Gasteiger charge is -2.16. The molecule has 0 amide bonds. The smallest absolute Gasteiger partial charge is 0.226 e. The van der Waals surface area contributed by atoms with E-state index in [1.54, 1.807) is 11.3 Å². The molecule has 0 atom stereocenters. The summed E-state index contributed by atoms with van der Waals surface area (Å²) < 4.78 is 6.36. The van der Waals surface area contributed by atoms with Crippen LogP contribution in [0.25, 0.3) is 60.9 Å². The molecule has 2 nitrogen and oxygen atoms in total.